The van der Waals surface area contributed by atoms with Gasteiger partial charge in [-0.3, -0.25) is 14.8 Å². The van der Waals surface area contributed by atoms with Gasteiger partial charge in [-0.15, -0.1) is 0 Å². The zero-order valence-electron chi connectivity index (χ0n) is 20.2. The maximum atomic E-state index is 11.5. The van der Waals surface area contributed by atoms with Gasteiger partial charge < -0.3 is 20.4 Å². The van der Waals surface area contributed by atoms with Crippen LogP contribution in [0.5, 0.6) is 0 Å². The standard InChI is InChI=1S/C27H28N8O/c1-3-24(36)30-17-19-8-10-28-23(16-19)26-25-20(9-11-29-26)18-31-27(33-25)32-21-4-6-22(7-5-21)35-14-12-34(2)13-15-35/h3-11,16,18H,1,12-15,17H2,2H3,(H,30,36)(H,31,32,33). The molecule has 1 amide bonds. The van der Waals surface area contributed by atoms with Gasteiger partial charge in [0.2, 0.25) is 11.9 Å². The van der Waals surface area contributed by atoms with E-state index < -0.39 is 0 Å². The van der Waals surface area contributed by atoms with Crippen LogP contribution in [0.1, 0.15) is 5.56 Å². The number of rotatable bonds is 7. The Morgan fingerprint density at radius 2 is 1.81 bits per heavy atom. The first-order chi connectivity index (χ1) is 17.6. The number of pyridine rings is 2. The van der Waals surface area contributed by atoms with Crippen molar-refractivity contribution < 1.29 is 4.79 Å². The quantitative estimate of drug-likeness (QED) is 0.389. The molecule has 0 atom stereocenters. The lowest BCUT2D eigenvalue weighted by Crippen LogP contribution is -2.44. The minimum absolute atomic E-state index is 0.225. The summed E-state index contributed by atoms with van der Waals surface area (Å²) in [4.78, 5) is 34.6. The highest BCUT2D eigenvalue weighted by molar-refractivity contribution is 5.90. The number of carbonyl (C=O) groups is 1. The van der Waals surface area contributed by atoms with Crippen molar-refractivity contribution in [2.75, 3.05) is 43.4 Å². The van der Waals surface area contributed by atoms with Crippen molar-refractivity contribution in [1.82, 2.24) is 30.2 Å². The van der Waals surface area contributed by atoms with E-state index in [1.54, 1.807) is 18.6 Å². The summed E-state index contributed by atoms with van der Waals surface area (Å²) in [5.74, 6) is 0.259. The Morgan fingerprint density at radius 1 is 1.03 bits per heavy atom. The largest absolute Gasteiger partial charge is 0.369 e. The molecule has 9 nitrogen and oxygen atoms in total. The molecule has 1 aromatic carbocycles. The van der Waals surface area contributed by atoms with Crippen LogP contribution in [0.4, 0.5) is 17.3 Å². The van der Waals surface area contributed by atoms with E-state index in [2.05, 4.69) is 61.1 Å². The zero-order valence-corrected chi connectivity index (χ0v) is 20.2. The summed E-state index contributed by atoms with van der Waals surface area (Å²) in [5.41, 5.74) is 5.06. The third-order valence-electron chi connectivity index (χ3n) is 6.21. The van der Waals surface area contributed by atoms with Gasteiger partial charge >= 0.3 is 0 Å². The fourth-order valence-corrected chi connectivity index (χ4v) is 4.13. The highest BCUT2D eigenvalue weighted by Gasteiger charge is 2.15. The second kappa shape index (κ2) is 10.5. The van der Waals surface area contributed by atoms with Gasteiger partial charge in [-0.2, -0.15) is 0 Å². The fourth-order valence-electron chi connectivity index (χ4n) is 4.13. The maximum absolute atomic E-state index is 11.5. The molecule has 182 valence electrons. The van der Waals surface area contributed by atoms with E-state index in [-0.39, 0.29) is 5.91 Å². The second-order valence-electron chi connectivity index (χ2n) is 8.72. The monoisotopic (exact) mass is 480 g/mol. The molecule has 1 saturated heterocycles. The molecule has 0 bridgehead atoms. The highest BCUT2D eigenvalue weighted by Crippen LogP contribution is 2.26. The van der Waals surface area contributed by atoms with Crippen molar-refractivity contribution in [2.45, 2.75) is 6.54 Å². The molecule has 0 saturated carbocycles. The predicted molar refractivity (Wildman–Crippen MR) is 142 cm³/mol. The number of amides is 1. The van der Waals surface area contributed by atoms with E-state index in [1.165, 1.54) is 11.8 Å². The van der Waals surface area contributed by atoms with Crippen molar-refractivity contribution >= 4 is 34.1 Å². The van der Waals surface area contributed by atoms with Crippen LogP contribution in [-0.4, -0.2) is 64.0 Å². The Kier molecular flexibility index (Phi) is 6.81. The van der Waals surface area contributed by atoms with E-state index in [0.29, 0.717) is 29.4 Å². The molecule has 0 aliphatic carbocycles. The average molecular weight is 481 g/mol. The molecule has 0 spiro atoms. The molecule has 0 unspecified atom stereocenters. The number of piperazine rings is 1. The lowest BCUT2D eigenvalue weighted by atomic mass is 10.1. The second-order valence-corrected chi connectivity index (χ2v) is 8.72. The smallest absolute Gasteiger partial charge is 0.243 e. The molecule has 9 heteroatoms. The van der Waals surface area contributed by atoms with Gasteiger partial charge in [0.15, 0.2) is 0 Å². The molecular weight excluding hydrogens is 452 g/mol. The minimum atomic E-state index is -0.225. The van der Waals surface area contributed by atoms with Crippen molar-refractivity contribution in [3.8, 4) is 11.4 Å². The zero-order chi connectivity index (χ0) is 24.9. The lowest BCUT2D eigenvalue weighted by Gasteiger charge is -2.34. The number of carbonyl (C=O) groups excluding carboxylic acids is 1. The van der Waals surface area contributed by atoms with Gasteiger partial charge in [-0.1, -0.05) is 6.58 Å². The first-order valence-corrected chi connectivity index (χ1v) is 11.9. The molecule has 5 rings (SSSR count). The molecule has 2 N–H and O–H groups in total. The van der Waals surface area contributed by atoms with Crippen LogP contribution in [0.15, 0.2) is 73.7 Å². The normalized spacial score (nSPS) is 14.0. The number of nitrogens with one attached hydrogen (secondary N) is 2. The Labute approximate surface area is 209 Å². The molecule has 1 fully saturated rings. The summed E-state index contributed by atoms with van der Waals surface area (Å²) >= 11 is 0. The van der Waals surface area contributed by atoms with Crippen LogP contribution in [-0.2, 0) is 11.3 Å². The molecule has 0 radical (unpaired) electrons. The summed E-state index contributed by atoms with van der Waals surface area (Å²) in [6, 6.07) is 14.0. The van der Waals surface area contributed by atoms with Crippen molar-refractivity contribution in [3.63, 3.8) is 0 Å². The number of fused-ring (bicyclic) bond motifs is 1. The summed E-state index contributed by atoms with van der Waals surface area (Å²) in [5, 5.41) is 6.95. The molecule has 36 heavy (non-hydrogen) atoms. The summed E-state index contributed by atoms with van der Waals surface area (Å²) in [6.07, 6.45) is 6.45. The molecule has 1 aliphatic heterocycles. The van der Waals surface area contributed by atoms with Crippen molar-refractivity contribution in [1.29, 1.82) is 0 Å². The molecule has 1 aliphatic rings. The number of benzene rings is 1. The number of hydrogen-bond donors (Lipinski definition) is 2. The average Bonchev–Trinajstić information content (AvgIpc) is 2.92. The summed E-state index contributed by atoms with van der Waals surface area (Å²) in [7, 11) is 2.16. The van der Waals surface area contributed by atoms with Gasteiger partial charge in [-0.05, 0) is 61.2 Å². The van der Waals surface area contributed by atoms with Crippen molar-refractivity contribution in [2.24, 2.45) is 0 Å². The van der Waals surface area contributed by atoms with Gasteiger partial charge in [0, 0.05) is 68.1 Å². The predicted octanol–water partition coefficient (Wildman–Crippen LogP) is 3.38. The number of aromatic nitrogens is 4. The van der Waals surface area contributed by atoms with Gasteiger partial charge in [0.25, 0.3) is 0 Å². The highest BCUT2D eigenvalue weighted by atomic mass is 16.1. The van der Waals surface area contributed by atoms with Gasteiger partial charge in [-0.25, -0.2) is 9.97 Å². The molecule has 4 heterocycles. The first-order valence-electron chi connectivity index (χ1n) is 11.9. The van der Waals surface area contributed by atoms with Gasteiger partial charge in [0.1, 0.15) is 11.2 Å². The number of hydrogen-bond acceptors (Lipinski definition) is 8. The van der Waals surface area contributed by atoms with E-state index in [4.69, 9.17) is 4.98 Å². The molecular formula is C27H28N8O. The summed E-state index contributed by atoms with van der Waals surface area (Å²) < 4.78 is 0. The number of likely N-dealkylation sites (N-methyl/N-ethyl adjacent to an activating group) is 1. The lowest BCUT2D eigenvalue weighted by molar-refractivity contribution is -0.116. The maximum Gasteiger partial charge on any atom is 0.243 e. The van der Waals surface area contributed by atoms with E-state index in [1.807, 2.05) is 30.3 Å². The van der Waals surface area contributed by atoms with Crippen LogP contribution in [0, 0.1) is 0 Å². The van der Waals surface area contributed by atoms with Crippen LogP contribution < -0.4 is 15.5 Å². The van der Waals surface area contributed by atoms with Crippen LogP contribution in [0.2, 0.25) is 0 Å². The third kappa shape index (κ3) is 5.31. The van der Waals surface area contributed by atoms with Crippen LogP contribution >= 0.6 is 0 Å². The molecule has 3 aromatic heterocycles. The Hall–Kier alpha value is -4.37. The fraction of sp³-hybridized carbons (Fsp3) is 0.222. The Balaban J connectivity index is 1.37. The molecule has 4 aromatic rings. The number of nitrogens with zero attached hydrogens (tertiary/aromatic N) is 6. The van der Waals surface area contributed by atoms with Crippen molar-refractivity contribution in [3.05, 3.63) is 79.3 Å². The van der Waals surface area contributed by atoms with Gasteiger partial charge in [0.05, 0.1) is 5.69 Å². The first kappa shape index (κ1) is 23.4. The summed E-state index contributed by atoms with van der Waals surface area (Å²) in [6.45, 7) is 8.06. The van der Waals surface area contributed by atoms with Crippen LogP contribution in [0.25, 0.3) is 22.3 Å². The Bertz CT molecular complexity index is 1380. The van der Waals surface area contributed by atoms with E-state index in [0.717, 1.165) is 42.8 Å². The Morgan fingerprint density at radius 3 is 2.58 bits per heavy atom. The third-order valence-corrected chi connectivity index (χ3v) is 6.21. The van der Waals surface area contributed by atoms with Crippen LogP contribution in [0.3, 0.4) is 0 Å². The minimum Gasteiger partial charge on any atom is -0.369 e. The van der Waals surface area contributed by atoms with E-state index >= 15 is 0 Å². The topological polar surface area (TPSA) is 99.2 Å². The number of anilines is 3. The van der Waals surface area contributed by atoms with E-state index in [9.17, 15) is 4.79 Å². The SMILES string of the molecule is C=CC(=O)NCc1ccnc(-c2nccc3cnc(Nc4ccc(N5CCN(C)CC5)cc4)nc23)c1.